The highest BCUT2D eigenvalue weighted by Crippen LogP contribution is 2.46. The van der Waals surface area contributed by atoms with Gasteiger partial charge in [-0.25, -0.2) is 9.97 Å². The van der Waals surface area contributed by atoms with Crippen molar-refractivity contribution in [2.24, 2.45) is 11.8 Å². The number of piperidine rings is 2. The van der Waals surface area contributed by atoms with Gasteiger partial charge in [-0.2, -0.15) is 0 Å². The molecule has 0 radical (unpaired) electrons. The molecule has 8 heterocycles. The molecule has 4 aromatic heterocycles. The van der Waals surface area contributed by atoms with Gasteiger partial charge in [-0.3, -0.25) is 0 Å². The van der Waals surface area contributed by atoms with E-state index in [1.54, 1.807) is 22.7 Å². The molecule has 0 amide bonds. The van der Waals surface area contributed by atoms with Crippen LogP contribution in [0.3, 0.4) is 0 Å². The van der Waals surface area contributed by atoms with Crippen molar-refractivity contribution in [3.63, 3.8) is 0 Å². The molecule has 10 rings (SSSR count). The van der Waals surface area contributed by atoms with E-state index in [4.69, 9.17) is 9.47 Å². The lowest BCUT2D eigenvalue weighted by molar-refractivity contribution is 0.0753. The molecule has 0 spiro atoms. The third-order valence-corrected chi connectivity index (χ3v) is 15.9. The maximum absolute atomic E-state index is 6.05. The molecule has 0 atom stereocenters. The number of thiophene rings is 2. The second kappa shape index (κ2) is 21.3. The number of anilines is 2. The first-order valence-electron chi connectivity index (χ1n) is 22.8. The summed E-state index contributed by atoms with van der Waals surface area (Å²) in [6.45, 7) is 15.2. The quantitative estimate of drug-likeness (QED) is 0.100. The average molecular weight is 922 g/mol. The number of aromatic nitrogens is 2. The summed E-state index contributed by atoms with van der Waals surface area (Å²) < 4.78 is 13.3. The lowest BCUT2D eigenvalue weighted by Crippen LogP contribution is -2.35. The number of halogens is 1. The van der Waals surface area contributed by atoms with Gasteiger partial charge in [0.2, 0.25) is 0 Å². The van der Waals surface area contributed by atoms with E-state index in [1.807, 2.05) is 12.4 Å². The number of rotatable bonds is 14. The molecule has 0 saturated carbocycles. The number of hydrogen-bond acceptors (Lipinski definition) is 10. The Balaban J connectivity index is 0.000000156. The molecule has 61 heavy (non-hydrogen) atoms. The summed E-state index contributed by atoms with van der Waals surface area (Å²) in [6.07, 6.45) is 14.2. The van der Waals surface area contributed by atoms with Crippen molar-refractivity contribution in [1.82, 2.24) is 19.8 Å². The number of likely N-dealkylation sites (tertiary alicyclic amines) is 2. The molecule has 0 unspecified atom stereocenters. The summed E-state index contributed by atoms with van der Waals surface area (Å²) in [7, 11) is 0. The number of pyridine rings is 2. The van der Waals surface area contributed by atoms with E-state index in [-0.39, 0.29) is 0 Å². The minimum absolute atomic E-state index is 0.676. The first-order valence-corrected chi connectivity index (χ1v) is 25.3. The molecule has 0 aliphatic carbocycles. The zero-order valence-corrected chi connectivity index (χ0v) is 38.8. The molecule has 8 nitrogen and oxygen atoms in total. The molecule has 4 aliphatic heterocycles. The summed E-state index contributed by atoms with van der Waals surface area (Å²) in [5.74, 6) is 1.36. The molecule has 2 aromatic carbocycles. The largest absolute Gasteiger partial charge is 0.380 e. The number of nitrogens with zero attached hydrogens (tertiary/aromatic N) is 6. The molecule has 6 aromatic rings. The summed E-state index contributed by atoms with van der Waals surface area (Å²) in [5.41, 5.74) is 7.77. The second-order valence-electron chi connectivity index (χ2n) is 17.3. The summed E-state index contributed by atoms with van der Waals surface area (Å²) in [6, 6.07) is 25.8. The average Bonchev–Trinajstić information content (AvgIpc) is 4.16. The Hall–Kier alpha value is -3.42. The predicted octanol–water partition coefficient (Wildman–Crippen LogP) is 11.3. The van der Waals surface area contributed by atoms with Crippen LogP contribution in [0.25, 0.3) is 42.7 Å². The lowest BCUT2D eigenvalue weighted by atomic mass is 9.96. The molecule has 322 valence electrons. The van der Waals surface area contributed by atoms with E-state index in [9.17, 15) is 0 Å². The van der Waals surface area contributed by atoms with Crippen LogP contribution >= 0.6 is 38.6 Å². The monoisotopic (exact) mass is 920 g/mol. The van der Waals surface area contributed by atoms with Crippen molar-refractivity contribution < 1.29 is 9.47 Å². The highest BCUT2D eigenvalue weighted by Gasteiger charge is 2.26. The number of fused-ring (bicyclic) bond motifs is 2. The van der Waals surface area contributed by atoms with Gasteiger partial charge >= 0.3 is 0 Å². The van der Waals surface area contributed by atoms with Crippen LogP contribution in [0.4, 0.5) is 11.4 Å². The molecule has 4 fully saturated rings. The topological polar surface area (TPSA) is 57.2 Å². The van der Waals surface area contributed by atoms with Crippen molar-refractivity contribution in [3.8, 4) is 22.3 Å². The van der Waals surface area contributed by atoms with Crippen LogP contribution in [-0.4, -0.2) is 112 Å². The Morgan fingerprint density at radius 2 is 1.07 bits per heavy atom. The van der Waals surface area contributed by atoms with Crippen molar-refractivity contribution in [3.05, 3.63) is 94.4 Å². The van der Waals surface area contributed by atoms with Crippen molar-refractivity contribution >= 4 is 70.4 Å². The first-order chi connectivity index (χ1) is 30.2. The fourth-order valence-electron chi connectivity index (χ4n) is 9.73. The van der Waals surface area contributed by atoms with Crippen LogP contribution in [0.5, 0.6) is 0 Å². The Kier molecular flexibility index (Phi) is 15.0. The van der Waals surface area contributed by atoms with Gasteiger partial charge in [-0.05, 0) is 129 Å². The third-order valence-electron chi connectivity index (χ3n) is 13.2. The Bertz CT molecular complexity index is 2260. The zero-order valence-electron chi connectivity index (χ0n) is 35.6. The normalized spacial score (nSPS) is 18.4. The summed E-state index contributed by atoms with van der Waals surface area (Å²) >= 11 is 7.29. The second-order valence-corrected chi connectivity index (χ2v) is 20.4. The van der Waals surface area contributed by atoms with Crippen molar-refractivity contribution in [2.75, 3.05) is 102 Å². The standard InChI is InChI=1S/C25H30BrN3OS.C25H31N3OS/c26-24-22(20-6-2-1-3-7-20)23-21(8-11-27-25(23)31-24)29-14-9-19(10-15-29)18-30-17-16-28-12-4-5-13-28;1-2-6-21(7-3-1)22-19-30-25-24(22)23(8-11-26-25)28-14-9-20(10-15-28)18-29-17-16-27-12-4-5-13-27/h1-3,6-8,11,19H,4-5,9-10,12-18H2;1-3,6-8,11,19-20H,4-5,9-10,12-18H2. The van der Waals surface area contributed by atoms with Gasteiger partial charge < -0.3 is 29.1 Å². The van der Waals surface area contributed by atoms with Crippen LogP contribution in [-0.2, 0) is 9.47 Å². The van der Waals surface area contributed by atoms with Crippen LogP contribution in [0, 0.1) is 11.8 Å². The van der Waals surface area contributed by atoms with Crippen LogP contribution in [0.15, 0.2) is 94.4 Å². The van der Waals surface area contributed by atoms with Gasteiger partial charge in [-0.15, -0.1) is 22.7 Å². The third kappa shape index (κ3) is 10.7. The molecule has 0 bridgehead atoms. The fourth-order valence-corrected chi connectivity index (χ4v) is 12.5. The van der Waals surface area contributed by atoms with Crippen LogP contribution in [0.2, 0.25) is 0 Å². The van der Waals surface area contributed by atoms with Gasteiger partial charge in [0, 0.05) is 104 Å². The van der Waals surface area contributed by atoms with Gasteiger partial charge in [-0.1, -0.05) is 60.7 Å². The number of ether oxygens (including phenoxy) is 2. The van der Waals surface area contributed by atoms with E-state index < -0.39 is 0 Å². The number of benzene rings is 2. The van der Waals surface area contributed by atoms with Gasteiger partial charge in [0.1, 0.15) is 9.66 Å². The van der Waals surface area contributed by atoms with E-state index in [0.29, 0.717) is 11.8 Å². The lowest BCUT2D eigenvalue weighted by Gasteiger charge is -2.34. The molecule has 11 heteroatoms. The highest BCUT2D eigenvalue weighted by molar-refractivity contribution is 9.11. The summed E-state index contributed by atoms with van der Waals surface area (Å²) in [5, 5.41) is 4.86. The molecular weight excluding hydrogens is 861 g/mol. The van der Waals surface area contributed by atoms with E-state index in [0.717, 1.165) is 79.1 Å². The fraction of sp³-hybridized carbons (Fsp3) is 0.480. The number of hydrogen-bond donors (Lipinski definition) is 0. The van der Waals surface area contributed by atoms with Gasteiger partial charge in [0.15, 0.2) is 0 Å². The first kappa shape index (κ1) is 42.9. The predicted molar refractivity (Wildman–Crippen MR) is 261 cm³/mol. The van der Waals surface area contributed by atoms with Crippen molar-refractivity contribution in [1.29, 1.82) is 0 Å². The molecule has 4 aliphatic rings. The van der Waals surface area contributed by atoms with Gasteiger partial charge in [0.25, 0.3) is 0 Å². The van der Waals surface area contributed by atoms with E-state index >= 15 is 0 Å². The minimum Gasteiger partial charge on any atom is -0.380 e. The Labute approximate surface area is 379 Å². The molecule has 0 N–H and O–H groups in total. The minimum atomic E-state index is 0.676. The Morgan fingerprint density at radius 1 is 0.574 bits per heavy atom. The Morgan fingerprint density at radius 3 is 1.61 bits per heavy atom. The molecular formula is C50H61BrN6O2S2. The summed E-state index contributed by atoms with van der Waals surface area (Å²) in [4.78, 5) is 21.7. The van der Waals surface area contributed by atoms with Gasteiger partial charge in [0.05, 0.1) is 17.0 Å². The zero-order chi connectivity index (χ0) is 41.2. The SMILES string of the molecule is Brc1sc2nccc(N3CCC(COCCN4CCCC4)CC3)c2c1-c1ccccc1.c1ccc(-c2csc3nccc(N4CCC(COCCN5CCCC5)CC4)c23)cc1. The van der Waals surface area contributed by atoms with Crippen molar-refractivity contribution in [2.45, 2.75) is 51.4 Å². The van der Waals surface area contributed by atoms with Crippen LogP contribution < -0.4 is 9.80 Å². The van der Waals surface area contributed by atoms with E-state index in [2.05, 4.69) is 124 Å². The highest BCUT2D eigenvalue weighted by atomic mass is 79.9. The van der Waals surface area contributed by atoms with Crippen LogP contribution in [0.1, 0.15) is 51.4 Å². The maximum Gasteiger partial charge on any atom is 0.127 e. The maximum atomic E-state index is 6.05. The smallest absolute Gasteiger partial charge is 0.127 e. The molecule has 4 saturated heterocycles. The van der Waals surface area contributed by atoms with E-state index in [1.165, 1.54) is 122 Å².